The number of nitrogens with one attached hydrogen (secondary N) is 1. The first-order valence-corrected chi connectivity index (χ1v) is 11.0. The van der Waals surface area contributed by atoms with Gasteiger partial charge >= 0.3 is 0 Å². The van der Waals surface area contributed by atoms with Gasteiger partial charge in [0.1, 0.15) is 12.1 Å². The molecule has 2 aromatic heterocycles. The Hall–Kier alpha value is -2.87. The van der Waals surface area contributed by atoms with Crippen LogP contribution in [-0.4, -0.2) is 32.1 Å². The van der Waals surface area contributed by atoms with Crippen LogP contribution in [0.25, 0.3) is 11.0 Å². The number of carbonyl (C=O) groups is 2. The van der Waals surface area contributed by atoms with Crippen molar-refractivity contribution in [2.24, 2.45) is 5.92 Å². The number of hydrogen-bond acceptors (Lipinski definition) is 5. The Labute approximate surface area is 179 Å². The fraction of sp³-hybridized carbons (Fsp3) is 0.364. The highest BCUT2D eigenvalue weighted by atomic mass is 32.2. The first-order valence-electron chi connectivity index (χ1n) is 9.76. The number of Topliss-reactive ketones (excluding diaryl/α,β-unsaturated/α-hetero) is 1. The van der Waals surface area contributed by atoms with Gasteiger partial charge in [0.25, 0.3) is 5.56 Å². The smallest absolute Gasteiger partial charge is 0.278 e. The van der Waals surface area contributed by atoms with E-state index in [9.17, 15) is 14.4 Å². The highest BCUT2D eigenvalue weighted by Crippen LogP contribution is 2.20. The number of anilines is 1. The van der Waals surface area contributed by atoms with Gasteiger partial charge < -0.3 is 9.88 Å². The molecule has 0 fully saturated rings. The summed E-state index contributed by atoms with van der Waals surface area (Å²) in [6.45, 7) is 8.03. The minimum Gasteiger partial charge on any atom is -0.330 e. The Bertz CT molecular complexity index is 1160. The lowest BCUT2D eigenvalue weighted by Crippen LogP contribution is -2.28. The molecular weight excluding hydrogens is 400 g/mol. The van der Waals surface area contributed by atoms with Gasteiger partial charge in [-0.15, -0.1) is 0 Å². The Morgan fingerprint density at radius 1 is 1.17 bits per heavy atom. The molecule has 0 atom stereocenters. The summed E-state index contributed by atoms with van der Waals surface area (Å²) in [4.78, 5) is 41.9. The molecule has 2 heterocycles. The number of fused-ring (bicyclic) bond motifs is 1. The lowest BCUT2D eigenvalue weighted by Gasteiger charge is -2.14. The number of ketones is 1. The maximum Gasteiger partial charge on any atom is 0.278 e. The number of benzene rings is 1. The quantitative estimate of drug-likeness (QED) is 0.353. The molecule has 1 aromatic carbocycles. The lowest BCUT2D eigenvalue weighted by molar-refractivity contribution is -0.116. The van der Waals surface area contributed by atoms with Gasteiger partial charge in [-0.05, 0) is 56.4 Å². The van der Waals surface area contributed by atoms with E-state index < -0.39 is 0 Å². The Morgan fingerprint density at radius 3 is 2.40 bits per heavy atom. The number of nitrogens with zero attached hydrogens (tertiary/aromatic N) is 3. The number of carbonyl (C=O) groups excluding carboxylic acids is 2. The molecule has 3 aromatic rings. The van der Waals surface area contributed by atoms with E-state index in [0.29, 0.717) is 39.9 Å². The third kappa shape index (κ3) is 4.48. The molecule has 1 amide bonds. The minimum atomic E-state index is -0.255. The van der Waals surface area contributed by atoms with Gasteiger partial charge in [0.05, 0.1) is 5.52 Å². The third-order valence-electron chi connectivity index (χ3n) is 4.79. The summed E-state index contributed by atoms with van der Waals surface area (Å²) < 4.78 is 3.40. The number of aryl methyl sites for hydroxylation is 1. The molecule has 0 saturated carbocycles. The van der Waals surface area contributed by atoms with E-state index in [4.69, 9.17) is 0 Å². The monoisotopic (exact) mass is 426 g/mol. The number of aromatic nitrogens is 3. The van der Waals surface area contributed by atoms with Crippen molar-refractivity contribution in [1.29, 1.82) is 0 Å². The topological polar surface area (TPSA) is 86.0 Å². The zero-order valence-electron chi connectivity index (χ0n) is 17.9. The van der Waals surface area contributed by atoms with E-state index in [2.05, 4.69) is 24.1 Å². The van der Waals surface area contributed by atoms with E-state index in [-0.39, 0.29) is 23.8 Å². The molecule has 3 rings (SSSR count). The summed E-state index contributed by atoms with van der Waals surface area (Å²) in [5.41, 5.74) is 2.88. The Balaban J connectivity index is 1.93. The van der Waals surface area contributed by atoms with Crippen molar-refractivity contribution in [3.05, 3.63) is 51.9 Å². The zero-order chi connectivity index (χ0) is 22.0. The van der Waals surface area contributed by atoms with Gasteiger partial charge in [0.2, 0.25) is 5.91 Å². The fourth-order valence-corrected chi connectivity index (χ4v) is 3.93. The number of rotatable bonds is 7. The summed E-state index contributed by atoms with van der Waals surface area (Å²) in [7, 11) is 0. The van der Waals surface area contributed by atoms with E-state index >= 15 is 0 Å². The second kappa shape index (κ2) is 8.87. The predicted octanol–water partition coefficient (Wildman–Crippen LogP) is 3.73. The maximum atomic E-state index is 13.2. The van der Waals surface area contributed by atoms with Crippen LogP contribution in [0.15, 0.2) is 40.3 Å². The van der Waals surface area contributed by atoms with Gasteiger partial charge in [-0.1, -0.05) is 25.6 Å². The van der Waals surface area contributed by atoms with Crippen molar-refractivity contribution >= 4 is 40.2 Å². The van der Waals surface area contributed by atoms with Gasteiger partial charge in [0, 0.05) is 23.5 Å². The predicted molar refractivity (Wildman–Crippen MR) is 120 cm³/mol. The Morgan fingerprint density at radius 2 is 1.83 bits per heavy atom. The largest absolute Gasteiger partial charge is 0.330 e. The van der Waals surface area contributed by atoms with Crippen molar-refractivity contribution in [2.45, 2.75) is 45.9 Å². The van der Waals surface area contributed by atoms with Crippen LogP contribution in [0.2, 0.25) is 0 Å². The third-order valence-corrected chi connectivity index (χ3v) is 5.46. The van der Waals surface area contributed by atoms with Crippen LogP contribution in [0.3, 0.4) is 0 Å². The maximum absolute atomic E-state index is 13.2. The van der Waals surface area contributed by atoms with Crippen LogP contribution < -0.4 is 10.9 Å². The molecule has 158 valence electrons. The van der Waals surface area contributed by atoms with Gasteiger partial charge in [-0.2, -0.15) is 0 Å². The van der Waals surface area contributed by atoms with Gasteiger partial charge in [0.15, 0.2) is 10.9 Å². The van der Waals surface area contributed by atoms with Crippen molar-refractivity contribution in [2.75, 3.05) is 11.6 Å². The van der Waals surface area contributed by atoms with Crippen LogP contribution in [-0.2, 0) is 17.9 Å². The normalized spacial score (nSPS) is 11.3. The highest BCUT2D eigenvalue weighted by molar-refractivity contribution is 7.98. The van der Waals surface area contributed by atoms with Crippen LogP contribution in [0.1, 0.15) is 36.8 Å². The first kappa shape index (κ1) is 21.8. The van der Waals surface area contributed by atoms with Gasteiger partial charge in [-0.3, -0.25) is 19.0 Å². The Kier molecular flexibility index (Phi) is 6.45. The number of thioether (sulfide) groups is 1. The van der Waals surface area contributed by atoms with Crippen LogP contribution in [0.5, 0.6) is 0 Å². The van der Waals surface area contributed by atoms with Crippen molar-refractivity contribution in [1.82, 2.24) is 14.1 Å². The summed E-state index contributed by atoms with van der Waals surface area (Å²) in [6, 6.07) is 8.57. The summed E-state index contributed by atoms with van der Waals surface area (Å²) in [6.07, 6.45) is 1.90. The molecule has 0 bridgehead atoms. The molecule has 0 spiro atoms. The van der Waals surface area contributed by atoms with E-state index in [1.807, 2.05) is 19.2 Å². The molecule has 1 N–H and O–H groups in total. The van der Waals surface area contributed by atoms with Crippen LogP contribution in [0, 0.1) is 12.8 Å². The average molecular weight is 427 g/mol. The van der Waals surface area contributed by atoms with Crippen molar-refractivity contribution in [3.63, 3.8) is 0 Å². The van der Waals surface area contributed by atoms with E-state index in [0.717, 1.165) is 5.69 Å². The average Bonchev–Trinajstić information content (AvgIpc) is 2.99. The molecule has 7 nitrogen and oxygen atoms in total. The minimum absolute atomic E-state index is 0.000998. The summed E-state index contributed by atoms with van der Waals surface area (Å²) in [5.74, 6) is 0.00524. The lowest BCUT2D eigenvalue weighted by atomic mass is 10.1. The van der Waals surface area contributed by atoms with E-state index in [1.165, 1.54) is 18.7 Å². The molecule has 0 aliphatic carbocycles. The van der Waals surface area contributed by atoms with Crippen molar-refractivity contribution in [3.8, 4) is 0 Å². The number of hydrogen-bond donors (Lipinski definition) is 1. The molecule has 0 saturated heterocycles. The molecular formula is C22H26N4O3S. The highest BCUT2D eigenvalue weighted by Gasteiger charge is 2.18. The van der Waals surface area contributed by atoms with Gasteiger partial charge in [-0.25, -0.2) is 4.98 Å². The number of amides is 1. The molecule has 0 radical (unpaired) electrons. The molecule has 0 aliphatic heterocycles. The zero-order valence-corrected chi connectivity index (χ0v) is 18.7. The summed E-state index contributed by atoms with van der Waals surface area (Å²) in [5, 5.41) is 3.50. The fourth-order valence-electron chi connectivity index (χ4n) is 3.37. The van der Waals surface area contributed by atoms with Crippen molar-refractivity contribution < 1.29 is 9.59 Å². The standard InChI is InChI=1S/C22H26N4O3S/c1-13(2)11-26-21(29)20-18(24-22(26)30-5)10-14(3)25(20)12-19(28)23-17-8-6-16(7-9-17)15(4)27/h6-10,13H,11-12H2,1-5H3,(H,23,28). The van der Waals surface area contributed by atoms with E-state index in [1.54, 1.807) is 33.4 Å². The second-order valence-corrected chi connectivity index (χ2v) is 8.47. The first-order chi connectivity index (χ1) is 14.2. The van der Waals surface area contributed by atoms with Crippen LogP contribution in [0.4, 0.5) is 5.69 Å². The molecule has 30 heavy (non-hydrogen) atoms. The molecule has 0 unspecified atom stereocenters. The second-order valence-electron chi connectivity index (χ2n) is 7.70. The SMILES string of the molecule is CSc1nc2cc(C)n(CC(=O)Nc3ccc(C(C)=O)cc3)c2c(=O)n1CC(C)C. The van der Waals surface area contributed by atoms with Crippen LogP contribution >= 0.6 is 11.8 Å². The molecule has 8 heteroatoms. The molecule has 0 aliphatic rings. The summed E-state index contributed by atoms with van der Waals surface area (Å²) >= 11 is 1.44.